The number of benzene rings is 3. The van der Waals surface area contributed by atoms with E-state index in [1.54, 1.807) is 62.6 Å². The smallest absolute Gasteiger partial charge is 0.295 e. The number of hydrogen-bond acceptors (Lipinski definition) is 7. The molecule has 3 aromatic carbocycles. The molecule has 0 aromatic heterocycles. The number of amides is 1. The normalized spacial score (nSPS) is 16.6. The van der Waals surface area contributed by atoms with Gasteiger partial charge >= 0.3 is 0 Å². The van der Waals surface area contributed by atoms with Crippen molar-refractivity contribution in [2.45, 2.75) is 46.4 Å². The van der Waals surface area contributed by atoms with Crippen molar-refractivity contribution in [2.24, 2.45) is 0 Å². The molecule has 8 nitrogen and oxygen atoms in total. The van der Waals surface area contributed by atoms with Crippen LogP contribution >= 0.6 is 0 Å². The fraction of sp³-hybridized carbons (Fsp3) is 0.290. The van der Waals surface area contributed by atoms with E-state index < -0.39 is 17.7 Å². The zero-order chi connectivity index (χ0) is 28.3. The van der Waals surface area contributed by atoms with Crippen LogP contribution in [0.2, 0.25) is 0 Å². The van der Waals surface area contributed by atoms with Gasteiger partial charge in [-0.05, 0) is 86.8 Å². The molecule has 1 aliphatic rings. The summed E-state index contributed by atoms with van der Waals surface area (Å²) >= 11 is 0. The maximum Gasteiger partial charge on any atom is 0.295 e. The number of likely N-dealkylation sites (tertiary alicyclic amines) is 1. The first-order valence-corrected chi connectivity index (χ1v) is 12.8. The van der Waals surface area contributed by atoms with Crippen molar-refractivity contribution in [1.82, 2.24) is 4.90 Å². The summed E-state index contributed by atoms with van der Waals surface area (Å²) < 4.78 is 16.7. The highest BCUT2D eigenvalue weighted by molar-refractivity contribution is 6.46. The molecule has 0 aliphatic carbocycles. The third-order valence-electron chi connectivity index (χ3n) is 6.44. The molecule has 3 aromatic rings. The molecular weight excluding hydrogens is 498 g/mol. The predicted octanol–water partition coefficient (Wildman–Crippen LogP) is 5.52. The summed E-state index contributed by atoms with van der Waals surface area (Å²) in [7, 11) is 1.55. The molecular formula is C31H33NO7. The number of aliphatic hydroxyl groups excluding tert-OH is 1. The minimum Gasteiger partial charge on any atom is -0.507 e. The number of ether oxygens (including phenoxy) is 3. The average Bonchev–Trinajstić information content (AvgIpc) is 3.15. The van der Waals surface area contributed by atoms with Gasteiger partial charge in [-0.1, -0.05) is 18.2 Å². The second-order valence-electron chi connectivity index (χ2n) is 9.59. The van der Waals surface area contributed by atoms with Crippen molar-refractivity contribution < 1.29 is 34.0 Å². The predicted molar refractivity (Wildman–Crippen MR) is 147 cm³/mol. The van der Waals surface area contributed by atoms with Crippen molar-refractivity contribution in [2.75, 3.05) is 13.7 Å². The first kappa shape index (κ1) is 27.6. The number of ketones is 1. The molecule has 2 N–H and O–H groups in total. The molecule has 1 heterocycles. The van der Waals surface area contributed by atoms with Crippen LogP contribution < -0.4 is 14.2 Å². The van der Waals surface area contributed by atoms with E-state index in [1.165, 1.54) is 11.0 Å². The number of methoxy groups -OCH3 is 1. The van der Waals surface area contributed by atoms with Gasteiger partial charge in [0.1, 0.15) is 17.3 Å². The third kappa shape index (κ3) is 5.70. The van der Waals surface area contributed by atoms with Crippen molar-refractivity contribution >= 4 is 17.4 Å². The van der Waals surface area contributed by atoms with Crippen LogP contribution in [-0.4, -0.2) is 46.6 Å². The number of nitrogens with zero attached hydrogens (tertiary/aromatic N) is 1. The second kappa shape index (κ2) is 11.5. The maximum absolute atomic E-state index is 13.5. The fourth-order valence-corrected chi connectivity index (χ4v) is 4.67. The van der Waals surface area contributed by atoms with E-state index in [0.29, 0.717) is 29.2 Å². The van der Waals surface area contributed by atoms with Crippen molar-refractivity contribution in [1.29, 1.82) is 0 Å². The Morgan fingerprint density at radius 2 is 1.79 bits per heavy atom. The van der Waals surface area contributed by atoms with Crippen LogP contribution in [0.5, 0.6) is 23.0 Å². The summed E-state index contributed by atoms with van der Waals surface area (Å²) in [6.07, 6.45) is -0.0286. The zero-order valence-corrected chi connectivity index (χ0v) is 22.7. The highest BCUT2D eigenvalue weighted by Gasteiger charge is 2.46. The van der Waals surface area contributed by atoms with Gasteiger partial charge in [0.2, 0.25) is 0 Å². The summed E-state index contributed by atoms with van der Waals surface area (Å²) in [6.45, 7) is 7.88. The summed E-state index contributed by atoms with van der Waals surface area (Å²) in [5, 5.41) is 21.8. The van der Waals surface area contributed by atoms with E-state index in [1.807, 2.05) is 26.8 Å². The van der Waals surface area contributed by atoms with Crippen LogP contribution in [0.3, 0.4) is 0 Å². The number of rotatable bonds is 9. The Morgan fingerprint density at radius 1 is 1.03 bits per heavy atom. The van der Waals surface area contributed by atoms with Crippen LogP contribution in [0.4, 0.5) is 0 Å². The van der Waals surface area contributed by atoms with Crippen LogP contribution in [0.25, 0.3) is 5.76 Å². The Labute approximate surface area is 228 Å². The molecule has 0 bridgehead atoms. The summed E-state index contributed by atoms with van der Waals surface area (Å²) in [5.41, 5.74) is 2.37. The van der Waals surface area contributed by atoms with Crippen LogP contribution in [0.1, 0.15) is 49.1 Å². The third-order valence-corrected chi connectivity index (χ3v) is 6.44. The quantitative estimate of drug-likeness (QED) is 0.213. The lowest BCUT2D eigenvalue weighted by Crippen LogP contribution is -2.29. The number of carbonyl (C=O) groups is 2. The van der Waals surface area contributed by atoms with Gasteiger partial charge in [-0.15, -0.1) is 0 Å². The van der Waals surface area contributed by atoms with E-state index in [4.69, 9.17) is 14.2 Å². The molecule has 0 saturated carbocycles. The van der Waals surface area contributed by atoms with Gasteiger partial charge in [0.05, 0.1) is 31.4 Å². The van der Waals surface area contributed by atoms with Gasteiger partial charge in [-0.25, -0.2) is 0 Å². The number of phenols is 1. The fourth-order valence-electron chi connectivity index (χ4n) is 4.67. The monoisotopic (exact) mass is 531 g/mol. The second-order valence-corrected chi connectivity index (χ2v) is 9.59. The van der Waals surface area contributed by atoms with E-state index in [9.17, 15) is 19.8 Å². The highest BCUT2D eigenvalue weighted by atomic mass is 16.5. The number of Topliss-reactive ketones (excluding diaryl/α,β-unsaturated/α-hetero) is 1. The molecule has 0 spiro atoms. The minimum absolute atomic E-state index is 0.0286. The lowest BCUT2D eigenvalue weighted by Gasteiger charge is -2.26. The van der Waals surface area contributed by atoms with E-state index in [2.05, 4.69) is 0 Å². The number of phenolic OH excluding ortho intramolecular Hbond substituents is 1. The minimum atomic E-state index is -0.928. The standard InChI is InChI=1S/C31H33NO7/c1-6-38-26-16-21(10-12-24(26)33)28-27(29(34)22-11-13-25(19(4)14-22)39-18(2)3)30(35)31(36)32(28)17-20-8-7-9-23(15-20)37-5/h7-16,18,28,33-34H,6,17H2,1-5H3/b29-27-. The first-order valence-electron chi connectivity index (χ1n) is 12.8. The number of aromatic hydroxyl groups is 1. The van der Waals surface area contributed by atoms with Gasteiger partial charge < -0.3 is 29.3 Å². The molecule has 8 heteroatoms. The van der Waals surface area contributed by atoms with Gasteiger partial charge in [-0.2, -0.15) is 0 Å². The molecule has 1 aliphatic heterocycles. The molecule has 39 heavy (non-hydrogen) atoms. The van der Waals surface area contributed by atoms with Gasteiger partial charge in [0, 0.05) is 12.1 Å². The van der Waals surface area contributed by atoms with E-state index in [-0.39, 0.29) is 35.5 Å². The summed E-state index contributed by atoms with van der Waals surface area (Å²) in [5.74, 6) is -0.413. The topological polar surface area (TPSA) is 106 Å². The summed E-state index contributed by atoms with van der Waals surface area (Å²) in [6, 6.07) is 16.1. The largest absolute Gasteiger partial charge is 0.507 e. The van der Waals surface area contributed by atoms with Gasteiger partial charge in [0.15, 0.2) is 11.5 Å². The van der Waals surface area contributed by atoms with Crippen molar-refractivity contribution in [3.05, 3.63) is 88.5 Å². The molecule has 1 saturated heterocycles. The molecule has 1 unspecified atom stereocenters. The van der Waals surface area contributed by atoms with Crippen molar-refractivity contribution in [3.63, 3.8) is 0 Å². The molecule has 1 amide bonds. The number of aryl methyl sites for hydroxylation is 1. The Hall–Kier alpha value is -4.46. The first-order chi connectivity index (χ1) is 18.6. The van der Waals surface area contributed by atoms with Crippen LogP contribution in [0, 0.1) is 6.92 Å². The Morgan fingerprint density at radius 3 is 2.46 bits per heavy atom. The Kier molecular flexibility index (Phi) is 8.14. The SMILES string of the molecule is CCOc1cc(C2/C(=C(/O)c3ccc(OC(C)C)c(C)c3)C(=O)C(=O)N2Cc2cccc(OC)c2)ccc1O. The molecule has 1 fully saturated rings. The van der Waals surface area contributed by atoms with Crippen LogP contribution in [-0.2, 0) is 16.1 Å². The number of carbonyl (C=O) groups excluding carboxylic acids is 2. The summed E-state index contributed by atoms with van der Waals surface area (Å²) in [4.78, 5) is 28.3. The van der Waals surface area contributed by atoms with Gasteiger partial charge in [-0.3, -0.25) is 9.59 Å². The van der Waals surface area contributed by atoms with Crippen LogP contribution in [0.15, 0.2) is 66.2 Å². The van der Waals surface area contributed by atoms with Crippen molar-refractivity contribution in [3.8, 4) is 23.0 Å². The molecule has 204 valence electrons. The zero-order valence-electron chi connectivity index (χ0n) is 22.7. The maximum atomic E-state index is 13.5. The molecule has 1 atom stereocenters. The number of hydrogen-bond donors (Lipinski definition) is 2. The van der Waals surface area contributed by atoms with Gasteiger partial charge in [0.25, 0.3) is 11.7 Å². The Bertz CT molecular complexity index is 1430. The van der Waals surface area contributed by atoms with E-state index in [0.717, 1.165) is 11.1 Å². The van der Waals surface area contributed by atoms with E-state index >= 15 is 0 Å². The lowest BCUT2D eigenvalue weighted by atomic mass is 9.94. The average molecular weight is 532 g/mol. The highest BCUT2D eigenvalue weighted by Crippen LogP contribution is 2.43. The number of aliphatic hydroxyl groups is 1. The molecule has 0 radical (unpaired) electrons. The Balaban J connectivity index is 1.86. The molecule has 4 rings (SSSR count). The lowest BCUT2D eigenvalue weighted by molar-refractivity contribution is -0.140.